The molecule has 0 bridgehead atoms. The lowest BCUT2D eigenvalue weighted by Crippen LogP contribution is -2.03. The Morgan fingerprint density at radius 2 is 2.25 bits per heavy atom. The molecule has 0 spiro atoms. The molecule has 1 rings (SSSR count). The van der Waals surface area contributed by atoms with E-state index in [0.717, 1.165) is 15.6 Å². The van der Waals surface area contributed by atoms with Crippen molar-refractivity contribution in [2.24, 2.45) is 0 Å². The van der Waals surface area contributed by atoms with Crippen molar-refractivity contribution in [2.45, 2.75) is 13.3 Å². The predicted molar refractivity (Wildman–Crippen MR) is 55.5 cm³/mol. The lowest BCUT2D eigenvalue weighted by atomic mass is 10.1. The summed E-state index contributed by atoms with van der Waals surface area (Å²) in [5, 5.41) is 8.82. The minimum absolute atomic E-state index is 0.421. The third kappa shape index (κ3) is 1.77. The molecule has 0 radical (unpaired) electrons. The fourth-order valence-corrected chi connectivity index (χ4v) is 2.00. The van der Waals surface area contributed by atoms with Gasteiger partial charge in [-0.15, -0.1) is 0 Å². The van der Waals surface area contributed by atoms with E-state index in [2.05, 4.69) is 22.6 Å². The molecule has 1 aromatic rings. The SMILES string of the molecule is CCc1c(I)cccc1C(=O)O. The quantitative estimate of drug-likeness (QED) is 0.843. The highest BCUT2D eigenvalue weighted by molar-refractivity contribution is 14.1. The maximum Gasteiger partial charge on any atom is 0.335 e. The molecular weight excluding hydrogens is 267 g/mol. The molecular formula is C9H9IO2. The maximum atomic E-state index is 10.7. The zero-order chi connectivity index (χ0) is 9.14. The first-order valence-electron chi connectivity index (χ1n) is 3.67. The van der Waals surface area contributed by atoms with Crippen molar-refractivity contribution < 1.29 is 9.90 Å². The van der Waals surface area contributed by atoms with E-state index in [1.54, 1.807) is 12.1 Å². The van der Waals surface area contributed by atoms with Crippen LogP contribution in [-0.4, -0.2) is 11.1 Å². The van der Waals surface area contributed by atoms with Crippen molar-refractivity contribution in [1.82, 2.24) is 0 Å². The summed E-state index contributed by atoms with van der Waals surface area (Å²) >= 11 is 2.16. The highest BCUT2D eigenvalue weighted by Crippen LogP contribution is 2.17. The first-order valence-corrected chi connectivity index (χ1v) is 4.75. The van der Waals surface area contributed by atoms with Crippen LogP contribution in [0, 0.1) is 3.57 Å². The summed E-state index contributed by atoms with van der Waals surface area (Å²) in [5.74, 6) is -0.842. The maximum absolute atomic E-state index is 10.7. The van der Waals surface area contributed by atoms with Gasteiger partial charge in [0, 0.05) is 3.57 Å². The largest absolute Gasteiger partial charge is 0.478 e. The molecule has 64 valence electrons. The molecule has 0 atom stereocenters. The lowest BCUT2D eigenvalue weighted by molar-refractivity contribution is 0.0695. The Balaban J connectivity index is 3.27. The van der Waals surface area contributed by atoms with Gasteiger partial charge in [-0.1, -0.05) is 13.0 Å². The molecule has 0 saturated heterocycles. The topological polar surface area (TPSA) is 37.3 Å². The van der Waals surface area contributed by atoms with Gasteiger partial charge in [-0.05, 0) is 46.7 Å². The summed E-state index contributed by atoms with van der Waals surface area (Å²) < 4.78 is 1.02. The molecule has 0 heterocycles. The third-order valence-electron chi connectivity index (χ3n) is 1.70. The Kier molecular flexibility index (Phi) is 3.08. The molecule has 0 fully saturated rings. The summed E-state index contributed by atoms with van der Waals surface area (Å²) in [6, 6.07) is 5.33. The first kappa shape index (κ1) is 9.51. The summed E-state index contributed by atoms with van der Waals surface area (Å²) in [4.78, 5) is 10.7. The zero-order valence-corrected chi connectivity index (χ0v) is 8.83. The van der Waals surface area contributed by atoms with E-state index in [9.17, 15) is 4.79 Å². The molecule has 0 unspecified atom stereocenters. The predicted octanol–water partition coefficient (Wildman–Crippen LogP) is 2.55. The molecule has 12 heavy (non-hydrogen) atoms. The summed E-state index contributed by atoms with van der Waals surface area (Å²) in [7, 11) is 0. The number of rotatable bonds is 2. The minimum atomic E-state index is -0.842. The molecule has 1 N–H and O–H groups in total. The Morgan fingerprint density at radius 3 is 2.67 bits per heavy atom. The van der Waals surface area contributed by atoms with Gasteiger partial charge in [0.05, 0.1) is 5.56 Å². The molecule has 1 aromatic carbocycles. The molecule has 2 nitrogen and oxygen atoms in total. The summed E-state index contributed by atoms with van der Waals surface area (Å²) in [6.07, 6.45) is 0.765. The highest BCUT2D eigenvalue weighted by atomic mass is 127. The van der Waals surface area contributed by atoms with Crippen LogP contribution in [0.25, 0.3) is 0 Å². The van der Waals surface area contributed by atoms with Crippen molar-refractivity contribution in [3.05, 3.63) is 32.9 Å². The van der Waals surface area contributed by atoms with Gasteiger partial charge in [0.25, 0.3) is 0 Å². The fraction of sp³-hybridized carbons (Fsp3) is 0.222. The number of aromatic carboxylic acids is 1. The second-order valence-corrected chi connectivity index (χ2v) is 3.59. The molecule has 0 aliphatic carbocycles. The average Bonchev–Trinajstić information content (AvgIpc) is 2.03. The van der Waals surface area contributed by atoms with Crippen LogP contribution >= 0.6 is 22.6 Å². The van der Waals surface area contributed by atoms with E-state index in [-0.39, 0.29) is 0 Å². The molecule has 0 aliphatic rings. The van der Waals surface area contributed by atoms with Crippen LogP contribution in [0.15, 0.2) is 18.2 Å². The van der Waals surface area contributed by atoms with Gasteiger partial charge >= 0.3 is 5.97 Å². The highest BCUT2D eigenvalue weighted by Gasteiger charge is 2.09. The van der Waals surface area contributed by atoms with E-state index < -0.39 is 5.97 Å². The van der Waals surface area contributed by atoms with Gasteiger partial charge in [-0.2, -0.15) is 0 Å². The van der Waals surface area contributed by atoms with E-state index in [4.69, 9.17) is 5.11 Å². The second-order valence-electron chi connectivity index (χ2n) is 2.42. The van der Waals surface area contributed by atoms with Crippen molar-refractivity contribution >= 4 is 28.6 Å². The van der Waals surface area contributed by atoms with Crippen molar-refractivity contribution in [1.29, 1.82) is 0 Å². The Labute approximate surface area is 84.7 Å². The Bertz CT molecular complexity index is 307. The minimum Gasteiger partial charge on any atom is -0.478 e. The van der Waals surface area contributed by atoms with Crippen LogP contribution < -0.4 is 0 Å². The number of hydrogen-bond acceptors (Lipinski definition) is 1. The number of carboxylic acids is 1. The van der Waals surface area contributed by atoms with Gasteiger partial charge in [-0.3, -0.25) is 0 Å². The van der Waals surface area contributed by atoms with Gasteiger partial charge in [0.1, 0.15) is 0 Å². The first-order chi connectivity index (χ1) is 5.66. The van der Waals surface area contributed by atoms with Gasteiger partial charge in [0.2, 0.25) is 0 Å². The van der Waals surface area contributed by atoms with Crippen LogP contribution in [0.3, 0.4) is 0 Å². The van der Waals surface area contributed by atoms with Crippen LogP contribution in [0.1, 0.15) is 22.8 Å². The van der Waals surface area contributed by atoms with E-state index in [1.807, 2.05) is 13.0 Å². The van der Waals surface area contributed by atoms with Gasteiger partial charge < -0.3 is 5.11 Å². The standard InChI is InChI=1S/C9H9IO2/c1-2-6-7(9(11)12)4-3-5-8(6)10/h3-5H,2H2,1H3,(H,11,12). The van der Waals surface area contributed by atoms with Crippen LogP contribution in [0.5, 0.6) is 0 Å². The second kappa shape index (κ2) is 3.89. The lowest BCUT2D eigenvalue weighted by Gasteiger charge is -2.04. The monoisotopic (exact) mass is 276 g/mol. The zero-order valence-electron chi connectivity index (χ0n) is 6.67. The number of halogens is 1. The number of benzene rings is 1. The van der Waals surface area contributed by atoms with Crippen molar-refractivity contribution in [2.75, 3.05) is 0 Å². The number of carbonyl (C=O) groups is 1. The van der Waals surface area contributed by atoms with E-state index in [0.29, 0.717) is 5.56 Å². The Hall–Kier alpha value is -0.580. The molecule has 0 amide bonds. The van der Waals surface area contributed by atoms with Crippen molar-refractivity contribution in [3.63, 3.8) is 0 Å². The molecule has 0 saturated carbocycles. The molecule has 3 heteroatoms. The smallest absolute Gasteiger partial charge is 0.335 e. The van der Waals surface area contributed by atoms with Crippen LogP contribution in [0.4, 0.5) is 0 Å². The molecule has 0 aromatic heterocycles. The number of carboxylic acid groups (broad SMARTS) is 1. The van der Waals surface area contributed by atoms with Gasteiger partial charge in [-0.25, -0.2) is 4.79 Å². The molecule has 0 aliphatic heterocycles. The van der Waals surface area contributed by atoms with E-state index in [1.165, 1.54) is 0 Å². The van der Waals surface area contributed by atoms with Gasteiger partial charge in [0.15, 0.2) is 0 Å². The van der Waals surface area contributed by atoms with Crippen LogP contribution in [0.2, 0.25) is 0 Å². The van der Waals surface area contributed by atoms with Crippen LogP contribution in [-0.2, 0) is 6.42 Å². The third-order valence-corrected chi connectivity index (χ3v) is 2.71. The van der Waals surface area contributed by atoms with Crippen molar-refractivity contribution in [3.8, 4) is 0 Å². The summed E-state index contributed by atoms with van der Waals surface area (Å²) in [5.41, 5.74) is 1.34. The fourth-order valence-electron chi connectivity index (χ4n) is 1.12. The summed E-state index contributed by atoms with van der Waals surface area (Å²) in [6.45, 7) is 1.96. The normalized spacial score (nSPS) is 9.83. The van der Waals surface area contributed by atoms with E-state index >= 15 is 0 Å². The Morgan fingerprint density at radius 1 is 1.58 bits per heavy atom. The average molecular weight is 276 g/mol. The number of hydrogen-bond donors (Lipinski definition) is 1.